The molecule has 7 nitrogen and oxygen atoms in total. The second kappa shape index (κ2) is 13.8. The van der Waals surface area contributed by atoms with Crippen LogP contribution in [0.5, 0.6) is 0 Å². The fraction of sp³-hybridized carbons (Fsp3) is 0.441. The quantitative estimate of drug-likeness (QED) is 0.277. The Balaban J connectivity index is 1.43. The molecule has 0 bridgehead atoms. The molecule has 2 fully saturated rings. The number of carbonyl (C=O) groups excluding carboxylic acids is 2. The molecule has 1 aliphatic heterocycles. The lowest BCUT2D eigenvalue weighted by Crippen LogP contribution is -2.47. The molecule has 0 N–H and O–H groups in total. The Kier molecular flexibility index (Phi) is 9.67. The maximum Gasteiger partial charge on any atom is 0.343 e. The third-order valence-electron chi connectivity index (χ3n) is 8.24. The lowest BCUT2D eigenvalue weighted by molar-refractivity contribution is -0.124. The van der Waals surface area contributed by atoms with Crippen molar-refractivity contribution in [2.75, 3.05) is 24.7 Å². The van der Waals surface area contributed by atoms with Gasteiger partial charge in [-0.15, -0.1) is 5.10 Å². The van der Waals surface area contributed by atoms with Gasteiger partial charge in [0, 0.05) is 31.4 Å². The highest BCUT2D eigenvalue weighted by molar-refractivity contribution is 6.02. The first kappa shape index (κ1) is 28.8. The molecule has 2 heterocycles. The molecule has 2 aromatic carbocycles. The van der Waals surface area contributed by atoms with Gasteiger partial charge >= 0.3 is 5.97 Å². The number of hydrogen-bond donors (Lipinski definition) is 0. The minimum absolute atomic E-state index is 0.0579. The molecule has 1 aliphatic carbocycles. The fourth-order valence-electron chi connectivity index (χ4n) is 5.81. The average molecular weight is 556 g/mol. The van der Waals surface area contributed by atoms with E-state index >= 15 is 0 Å². The summed E-state index contributed by atoms with van der Waals surface area (Å²) in [6.07, 6.45) is 12.1. The number of aromatic nitrogens is 2. The number of esters is 1. The zero-order chi connectivity index (χ0) is 28.6. The highest BCUT2D eigenvalue weighted by atomic mass is 16.5. The van der Waals surface area contributed by atoms with Gasteiger partial charge in [0.05, 0.1) is 12.3 Å². The Hall–Kier alpha value is -3.71. The van der Waals surface area contributed by atoms with Gasteiger partial charge < -0.3 is 9.47 Å². The molecule has 2 aliphatic rings. The molecule has 1 saturated heterocycles. The standard InChI is InChI=1S/C34H41N3O4/c1-3-41-34(39)31-24-36(29-18-14-27(15-19-29)11-7-10-26-8-5-4-6-9-26)35-32(31)37(30-20-22-40-23-21-30)33(38)28-16-12-25(2)13-17-28/h4-10,14-15,18-19,24-25,28,30H,3,11-13,16-17,20-23H2,1-2H3/b10-7-. The predicted molar refractivity (Wildman–Crippen MR) is 161 cm³/mol. The number of hydrogen-bond acceptors (Lipinski definition) is 5. The minimum Gasteiger partial charge on any atom is -0.462 e. The molecular weight excluding hydrogens is 514 g/mol. The summed E-state index contributed by atoms with van der Waals surface area (Å²) in [7, 11) is 0. The van der Waals surface area contributed by atoms with E-state index in [1.54, 1.807) is 17.8 Å². The van der Waals surface area contributed by atoms with E-state index < -0.39 is 5.97 Å². The van der Waals surface area contributed by atoms with Gasteiger partial charge in [-0.1, -0.05) is 61.5 Å². The van der Waals surface area contributed by atoms with Gasteiger partial charge in [0.25, 0.3) is 0 Å². The third-order valence-corrected chi connectivity index (χ3v) is 8.24. The molecule has 0 unspecified atom stereocenters. The lowest BCUT2D eigenvalue weighted by atomic mass is 9.82. The first-order chi connectivity index (χ1) is 20.0. The number of rotatable bonds is 9. The van der Waals surface area contributed by atoms with E-state index in [1.165, 1.54) is 11.1 Å². The number of allylic oxidation sites excluding steroid dienone is 1. The second-order valence-corrected chi connectivity index (χ2v) is 11.2. The van der Waals surface area contributed by atoms with E-state index in [0.717, 1.165) is 50.6 Å². The molecule has 41 heavy (non-hydrogen) atoms. The van der Waals surface area contributed by atoms with Crippen molar-refractivity contribution in [1.82, 2.24) is 9.78 Å². The van der Waals surface area contributed by atoms with Crippen molar-refractivity contribution in [1.29, 1.82) is 0 Å². The van der Waals surface area contributed by atoms with Crippen LogP contribution in [0.1, 0.15) is 73.9 Å². The largest absolute Gasteiger partial charge is 0.462 e. The van der Waals surface area contributed by atoms with E-state index in [9.17, 15) is 9.59 Å². The second-order valence-electron chi connectivity index (χ2n) is 11.2. The first-order valence-corrected chi connectivity index (χ1v) is 15.0. The molecule has 0 spiro atoms. The van der Waals surface area contributed by atoms with Crippen molar-refractivity contribution >= 4 is 23.8 Å². The maximum absolute atomic E-state index is 14.1. The van der Waals surface area contributed by atoms with Crippen molar-refractivity contribution in [3.63, 3.8) is 0 Å². The molecule has 1 saturated carbocycles. The summed E-state index contributed by atoms with van der Waals surface area (Å²) in [5, 5.41) is 4.89. The predicted octanol–water partition coefficient (Wildman–Crippen LogP) is 6.64. The summed E-state index contributed by atoms with van der Waals surface area (Å²) in [6, 6.07) is 18.3. The van der Waals surface area contributed by atoms with Crippen LogP contribution in [0.3, 0.4) is 0 Å². The van der Waals surface area contributed by atoms with E-state index in [-0.39, 0.29) is 24.5 Å². The van der Waals surface area contributed by atoms with Crippen molar-refractivity contribution in [2.24, 2.45) is 11.8 Å². The van der Waals surface area contributed by atoms with Gasteiger partial charge in [-0.2, -0.15) is 0 Å². The number of benzene rings is 2. The van der Waals surface area contributed by atoms with Crippen LogP contribution < -0.4 is 4.90 Å². The van der Waals surface area contributed by atoms with Gasteiger partial charge in [-0.05, 0) is 81.0 Å². The SMILES string of the molecule is CCOC(=O)c1cn(-c2ccc(C/C=C\c3ccccc3)cc2)nc1N(C(=O)C1CCC(C)CC1)C1CCOCC1. The van der Waals surface area contributed by atoms with E-state index in [2.05, 4.69) is 43.3 Å². The van der Waals surface area contributed by atoms with Crippen molar-refractivity contribution in [2.45, 2.75) is 64.8 Å². The zero-order valence-corrected chi connectivity index (χ0v) is 24.2. The molecule has 216 valence electrons. The first-order valence-electron chi connectivity index (χ1n) is 15.0. The lowest BCUT2D eigenvalue weighted by Gasteiger charge is -2.37. The van der Waals surface area contributed by atoms with E-state index in [4.69, 9.17) is 14.6 Å². The van der Waals surface area contributed by atoms with Crippen LogP contribution in [0, 0.1) is 11.8 Å². The Bertz CT molecular complexity index is 1320. The number of nitrogens with zero attached hydrogens (tertiary/aromatic N) is 3. The molecule has 1 aromatic heterocycles. The Morgan fingerprint density at radius 3 is 2.39 bits per heavy atom. The van der Waals surface area contributed by atoms with Crippen LogP contribution in [0.2, 0.25) is 0 Å². The number of amides is 1. The Morgan fingerprint density at radius 2 is 1.71 bits per heavy atom. The number of anilines is 1. The summed E-state index contributed by atoms with van der Waals surface area (Å²) in [6.45, 7) is 5.47. The molecule has 3 aromatic rings. The Morgan fingerprint density at radius 1 is 1.00 bits per heavy atom. The van der Waals surface area contributed by atoms with Crippen LogP contribution in [0.4, 0.5) is 5.82 Å². The van der Waals surface area contributed by atoms with Gasteiger partial charge in [-0.25, -0.2) is 9.48 Å². The van der Waals surface area contributed by atoms with Gasteiger partial charge in [0.2, 0.25) is 5.91 Å². The van der Waals surface area contributed by atoms with E-state index in [0.29, 0.717) is 30.5 Å². The highest BCUT2D eigenvalue weighted by Crippen LogP contribution is 2.34. The van der Waals surface area contributed by atoms with E-state index in [1.807, 2.05) is 35.2 Å². The maximum atomic E-state index is 14.1. The summed E-state index contributed by atoms with van der Waals surface area (Å²) in [4.78, 5) is 29.1. The number of carbonyl (C=O) groups is 2. The topological polar surface area (TPSA) is 73.7 Å². The smallest absolute Gasteiger partial charge is 0.343 e. The summed E-state index contributed by atoms with van der Waals surface area (Å²) < 4.78 is 12.8. The monoisotopic (exact) mass is 555 g/mol. The molecule has 1 amide bonds. The van der Waals surface area contributed by atoms with Gasteiger partial charge in [0.1, 0.15) is 5.56 Å². The summed E-state index contributed by atoms with van der Waals surface area (Å²) >= 11 is 0. The van der Waals surface area contributed by atoms with Crippen LogP contribution >= 0.6 is 0 Å². The van der Waals surface area contributed by atoms with Crippen LogP contribution in [-0.2, 0) is 20.7 Å². The van der Waals surface area contributed by atoms with Crippen LogP contribution in [0.15, 0.2) is 66.9 Å². The highest BCUT2D eigenvalue weighted by Gasteiger charge is 2.37. The Labute approximate surface area is 243 Å². The molecule has 0 atom stereocenters. The summed E-state index contributed by atoms with van der Waals surface area (Å²) in [5.74, 6) is 0.590. The normalized spacial score (nSPS) is 19.8. The van der Waals surface area contributed by atoms with Crippen LogP contribution in [0.25, 0.3) is 11.8 Å². The van der Waals surface area contributed by atoms with Crippen molar-refractivity contribution in [3.8, 4) is 5.69 Å². The summed E-state index contributed by atoms with van der Waals surface area (Å²) in [5.41, 5.74) is 3.49. The molecule has 5 rings (SSSR count). The zero-order valence-electron chi connectivity index (χ0n) is 24.2. The molecular formula is C34H41N3O4. The molecule has 7 heteroatoms. The average Bonchev–Trinajstić information content (AvgIpc) is 3.44. The van der Waals surface area contributed by atoms with Crippen LogP contribution in [-0.4, -0.2) is 47.5 Å². The fourth-order valence-corrected chi connectivity index (χ4v) is 5.81. The molecule has 0 radical (unpaired) electrons. The van der Waals surface area contributed by atoms with Gasteiger partial charge in [0.15, 0.2) is 5.82 Å². The van der Waals surface area contributed by atoms with Crippen molar-refractivity contribution < 1.29 is 19.1 Å². The third kappa shape index (κ3) is 7.14. The van der Waals surface area contributed by atoms with Crippen molar-refractivity contribution in [3.05, 3.63) is 83.6 Å². The minimum atomic E-state index is -0.460. The van der Waals surface area contributed by atoms with Gasteiger partial charge in [-0.3, -0.25) is 9.69 Å². The number of ether oxygens (including phenoxy) is 2.